The zero-order valence-corrected chi connectivity index (χ0v) is 18.8. The summed E-state index contributed by atoms with van der Waals surface area (Å²) < 4.78 is 1.65. The number of amides is 2. The smallest absolute Gasteiger partial charge is 0.305 e. The molecule has 3 heterocycles. The highest BCUT2D eigenvalue weighted by molar-refractivity contribution is 6.07. The quantitative estimate of drug-likeness (QED) is 0.563. The van der Waals surface area contributed by atoms with Crippen LogP contribution in [0.3, 0.4) is 0 Å². The van der Waals surface area contributed by atoms with Gasteiger partial charge in [0.05, 0.1) is 6.42 Å². The van der Waals surface area contributed by atoms with E-state index in [2.05, 4.69) is 15.7 Å². The molecule has 176 valence electrons. The lowest BCUT2D eigenvalue weighted by molar-refractivity contribution is -0.136. The molecule has 9 nitrogen and oxygen atoms in total. The first-order chi connectivity index (χ1) is 16.0. The van der Waals surface area contributed by atoms with E-state index in [1.165, 1.54) is 0 Å². The highest BCUT2D eigenvalue weighted by Gasteiger charge is 2.32. The lowest BCUT2D eigenvalue weighted by Gasteiger charge is -2.26. The summed E-state index contributed by atoms with van der Waals surface area (Å²) >= 11 is 0. The van der Waals surface area contributed by atoms with Crippen molar-refractivity contribution in [3.63, 3.8) is 0 Å². The number of aryl methyl sites for hydroxylation is 1. The van der Waals surface area contributed by atoms with E-state index in [1.54, 1.807) is 4.68 Å². The van der Waals surface area contributed by atoms with Gasteiger partial charge in [-0.15, -0.1) is 0 Å². The maximum absolute atomic E-state index is 13.7. The van der Waals surface area contributed by atoms with Gasteiger partial charge in [0.2, 0.25) is 0 Å². The predicted molar refractivity (Wildman–Crippen MR) is 123 cm³/mol. The van der Waals surface area contributed by atoms with Crippen molar-refractivity contribution in [3.8, 4) is 11.1 Å². The van der Waals surface area contributed by atoms with E-state index in [0.29, 0.717) is 36.8 Å². The summed E-state index contributed by atoms with van der Waals surface area (Å²) in [5.41, 5.74) is 1.86. The third-order valence-corrected chi connectivity index (χ3v) is 6.41. The van der Waals surface area contributed by atoms with Crippen LogP contribution >= 0.6 is 0 Å². The average Bonchev–Trinajstić information content (AvgIpc) is 3.14. The lowest BCUT2D eigenvalue weighted by atomic mass is 9.94. The van der Waals surface area contributed by atoms with Crippen LogP contribution in [0.15, 0.2) is 30.3 Å². The average molecular weight is 454 g/mol. The van der Waals surface area contributed by atoms with Crippen molar-refractivity contribution in [2.45, 2.75) is 38.6 Å². The number of carboxylic acids is 1. The number of carbonyl (C=O) groups excluding carboxylic acids is 2. The molecule has 0 radical (unpaired) electrons. The summed E-state index contributed by atoms with van der Waals surface area (Å²) in [7, 11) is 0. The highest BCUT2D eigenvalue weighted by Crippen LogP contribution is 2.31. The molecule has 3 N–H and O–H groups in total. The summed E-state index contributed by atoms with van der Waals surface area (Å²) in [6.45, 7) is 3.98. The largest absolute Gasteiger partial charge is 0.481 e. The molecule has 0 unspecified atom stereocenters. The molecule has 0 bridgehead atoms. The molecule has 2 aliphatic rings. The number of carbonyl (C=O) groups is 3. The van der Waals surface area contributed by atoms with E-state index in [1.807, 2.05) is 35.2 Å². The zero-order chi connectivity index (χ0) is 23.2. The molecule has 9 heteroatoms. The predicted octanol–water partition coefficient (Wildman–Crippen LogP) is 1.99. The Hall–Kier alpha value is -3.20. The second kappa shape index (κ2) is 10.6. The number of aliphatic carboxylic acids is 1. The second-order valence-corrected chi connectivity index (χ2v) is 8.69. The van der Waals surface area contributed by atoms with E-state index in [0.717, 1.165) is 44.3 Å². The molecule has 1 fully saturated rings. The van der Waals surface area contributed by atoms with Crippen molar-refractivity contribution in [2.75, 3.05) is 32.7 Å². The van der Waals surface area contributed by atoms with Gasteiger partial charge in [-0.2, -0.15) is 5.10 Å². The summed E-state index contributed by atoms with van der Waals surface area (Å²) in [5.74, 6) is -0.933. The van der Waals surface area contributed by atoms with Gasteiger partial charge < -0.3 is 20.6 Å². The van der Waals surface area contributed by atoms with Crippen LogP contribution in [-0.4, -0.2) is 70.3 Å². The van der Waals surface area contributed by atoms with Crippen LogP contribution in [0.4, 0.5) is 0 Å². The van der Waals surface area contributed by atoms with Crippen molar-refractivity contribution in [2.24, 2.45) is 5.92 Å². The van der Waals surface area contributed by atoms with Crippen molar-refractivity contribution in [1.82, 2.24) is 25.3 Å². The number of nitrogens with one attached hydrogen (secondary N) is 2. The normalized spacial score (nSPS) is 16.8. The third-order valence-electron chi connectivity index (χ3n) is 6.41. The van der Waals surface area contributed by atoms with Crippen molar-refractivity contribution in [1.29, 1.82) is 0 Å². The Morgan fingerprint density at radius 3 is 2.64 bits per heavy atom. The number of nitrogens with zero attached hydrogens (tertiary/aromatic N) is 3. The molecule has 2 aromatic rings. The standard InChI is InChI=1S/C24H31N5O4/c30-19(31)9-13-26-23(32)21-20(18-5-2-1-3-6-18)22-24(33)28(14-4-15-29(22)27-21)16-10-17-7-11-25-12-8-17/h1-3,5-6,17,25H,4,7-16H2,(H,26,32)(H,30,31). The molecule has 0 spiro atoms. The molecule has 1 aromatic carbocycles. The maximum Gasteiger partial charge on any atom is 0.305 e. The zero-order valence-electron chi connectivity index (χ0n) is 18.8. The molecule has 33 heavy (non-hydrogen) atoms. The Labute approximate surface area is 193 Å². The number of benzene rings is 1. The fourth-order valence-corrected chi connectivity index (χ4v) is 4.63. The molecule has 1 saturated heterocycles. The lowest BCUT2D eigenvalue weighted by Crippen LogP contribution is -2.35. The number of fused-ring (bicyclic) bond motifs is 1. The molecule has 0 saturated carbocycles. The molecule has 0 aliphatic carbocycles. The van der Waals surface area contributed by atoms with Crippen LogP contribution in [0.2, 0.25) is 0 Å². The van der Waals surface area contributed by atoms with Crippen LogP contribution in [0, 0.1) is 5.92 Å². The Kier molecular flexibility index (Phi) is 7.39. The van der Waals surface area contributed by atoms with Gasteiger partial charge in [-0.3, -0.25) is 19.1 Å². The van der Waals surface area contributed by atoms with E-state index in [-0.39, 0.29) is 24.6 Å². The first-order valence-corrected chi connectivity index (χ1v) is 11.7. The molecule has 2 aliphatic heterocycles. The topological polar surface area (TPSA) is 117 Å². The van der Waals surface area contributed by atoms with Crippen molar-refractivity contribution >= 4 is 17.8 Å². The van der Waals surface area contributed by atoms with E-state index < -0.39 is 11.9 Å². The maximum atomic E-state index is 13.7. The van der Waals surface area contributed by atoms with Gasteiger partial charge in [0.25, 0.3) is 11.8 Å². The minimum Gasteiger partial charge on any atom is -0.481 e. The number of carboxylic acid groups (broad SMARTS) is 1. The van der Waals surface area contributed by atoms with Crippen LogP contribution in [-0.2, 0) is 11.3 Å². The number of piperidine rings is 1. The van der Waals surface area contributed by atoms with E-state index in [9.17, 15) is 14.4 Å². The summed E-state index contributed by atoms with van der Waals surface area (Å²) in [6, 6.07) is 9.33. The first kappa shape index (κ1) is 23.0. The molecule has 2 amide bonds. The number of hydrogen-bond donors (Lipinski definition) is 3. The van der Waals surface area contributed by atoms with Gasteiger partial charge in [0, 0.05) is 31.7 Å². The third kappa shape index (κ3) is 5.42. The Balaban J connectivity index is 1.62. The second-order valence-electron chi connectivity index (χ2n) is 8.69. The Morgan fingerprint density at radius 1 is 1.15 bits per heavy atom. The van der Waals surface area contributed by atoms with Crippen molar-refractivity contribution in [3.05, 3.63) is 41.7 Å². The first-order valence-electron chi connectivity index (χ1n) is 11.7. The monoisotopic (exact) mass is 453 g/mol. The van der Waals surface area contributed by atoms with Crippen LogP contribution in [0.1, 0.15) is 53.1 Å². The van der Waals surface area contributed by atoms with Gasteiger partial charge in [-0.05, 0) is 50.3 Å². The molecule has 1 aromatic heterocycles. The number of rotatable bonds is 8. The SMILES string of the molecule is O=C(O)CCNC(=O)c1nn2c(c1-c1ccccc1)C(=O)N(CCC1CCNCC1)CCC2. The molecule has 0 atom stereocenters. The Morgan fingerprint density at radius 2 is 1.91 bits per heavy atom. The molecule has 4 rings (SSSR count). The summed E-state index contributed by atoms with van der Waals surface area (Å²) in [4.78, 5) is 39.4. The minimum atomic E-state index is -0.987. The van der Waals surface area contributed by atoms with E-state index >= 15 is 0 Å². The van der Waals surface area contributed by atoms with Gasteiger partial charge in [0.15, 0.2) is 5.69 Å². The van der Waals surface area contributed by atoms with Gasteiger partial charge in [-0.25, -0.2) is 0 Å². The van der Waals surface area contributed by atoms with Crippen LogP contribution < -0.4 is 10.6 Å². The molecular formula is C24H31N5O4. The van der Waals surface area contributed by atoms with Gasteiger partial charge in [0.1, 0.15) is 5.69 Å². The van der Waals surface area contributed by atoms with Crippen LogP contribution in [0.5, 0.6) is 0 Å². The molecular weight excluding hydrogens is 422 g/mol. The summed E-state index contributed by atoms with van der Waals surface area (Å²) in [5, 5.41) is 19.4. The fourth-order valence-electron chi connectivity index (χ4n) is 4.63. The highest BCUT2D eigenvalue weighted by atomic mass is 16.4. The number of hydrogen-bond acceptors (Lipinski definition) is 5. The van der Waals surface area contributed by atoms with Gasteiger partial charge >= 0.3 is 5.97 Å². The minimum absolute atomic E-state index is 0.000899. The van der Waals surface area contributed by atoms with Gasteiger partial charge in [-0.1, -0.05) is 30.3 Å². The Bertz CT molecular complexity index is 998. The fraction of sp³-hybridized carbons (Fsp3) is 0.500. The summed E-state index contributed by atoms with van der Waals surface area (Å²) in [6.07, 6.45) is 3.83. The number of aromatic nitrogens is 2. The van der Waals surface area contributed by atoms with Crippen LogP contribution in [0.25, 0.3) is 11.1 Å². The van der Waals surface area contributed by atoms with Crippen molar-refractivity contribution < 1.29 is 19.5 Å². The van der Waals surface area contributed by atoms with E-state index in [4.69, 9.17) is 5.11 Å².